The van der Waals surface area contributed by atoms with E-state index in [2.05, 4.69) is 183 Å². The molecule has 0 spiro atoms. The monoisotopic (exact) mass is 765 g/mol. The topological polar surface area (TPSA) is 3.24 Å². The van der Waals surface area contributed by atoms with Gasteiger partial charge in [0, 0.05) is 22.5 Å². The lowest BCUT2D eigenvalue weighted by atomic mass is 9.81. The number of benzene rings is 7. The van der Waals surface area contributed by atoms with Gasteiger partial charge in [-0.3, -0.25) is 0 Å². The molecule has 3 atom stereocenters. The maximum Gasteiger partial charge on any atom is 0.0465 e. The second kappa shape index (κ2) is 14.9. The predicted molar refractivity (Wildman–Crippen MR) is 249 cm³/mol. The molecule has 1 heteroatoms. The second-order valence-corrected chi connectivity index (χ2v) is 18.7. The number of anilines is 3. The fraction of sp³-hybridized carbons (Fsp3) is 0.276. The van der Waals surface area contributed by atoms with Crippen molar-refractivity contribution >= 4 is 17.1 Å². The van der Waals surface area contributed by atoms with Crippen LogP contribution in [-0.2, 0) is 5.41 Å². The van der Waals surface area contributed by atoms with Crippen LogP contribution in [0.1, 0.15) is 106 Å². The van der Waals surface area contributed by atoms with Gasteiger partial charge in [0.1, 0.15) is 0 Å². The van der Waals surface area contributed by atoms with Crippen LogP contribution >= 0.6 is 0 Å². The van der Waals surface area contributed by atoms with Crippen LogP contribution in [0.2, 0.25) is 0 Å². The first kappa shape index (κ1) is 36.4. The molecule has 3 unspecified atom stereocenters. The lowest BCUT2D eigenvalue weighted by Gasteiger charge is -2.29. The van der Waals surface area contributed by atoms with Gasteiger partial charge >= 0.3 is 0 Å². The van der Waals surface area contributed by atoms with Gasteiger partial charge in [0.25, 0.3) is 0 Å². The Morgan fingerprint density at radius 3 is 1.76 bits per heavy atom. The summed E-state index contributed by atoms with van der Waals surface area (Å²) in [6.45, 7) is 4.83. The fourth-order valence-electron chi connectivity index (χ4n) is 11.8. The van der Waals surface area contributed by atoms with Crippen molar-refractivity contribution in [2.75, 3.05) is 4.90 Å². The van der Waals surface area contributed by atoms with E-state index in [9.17, 15) is 0 Å². The molecule has 0 amide bonds. The second-order valence-electron chi connectivity index (χ2n) is 18.7. The summed E-state index contributed by atoms with van der Waals surface area (Å²) in [7, 11) is 0. The van der Waals surface area contributed by atoms with E-state index in [-0.39, 0.29) is 5.41 Å². The van der Waals surface area contributed by atoms with Gasteiger partial charge in [-0.25, -0.2) is 0 Å². The van der Waals surface area contributed by atoms with E-state index in [1.54, 1.807) is 0 Å². The van der Waals surface area contributed by atoms with Gasteiger partial charge < -0.3 is 4.90 Å². The van der Waals surface area contributed by atoms with E-state index in [0.717, 1.165) is 17.8 Å². The molecule has 4 aliphatic carbocycles. The Morgan fingerprint density at radius 2 is 1.05 bits per heavy atom. The smallest absolute Gasteiger partial charge is 0.0465 e. The zero-order valence-electron chi connectivity index (χ0n) is 34.7. The molecule has 2 bridgehead atoms. The molecule has 3 saturated carbocycles. The maximum absolute atomic E-state index is 2.49. The minimum absolute atomic E-state index is 0.164. The number of fused-ring (bicyclic) bond motifs is 5. The molecule has 7 aromatic carbocycles. The zero-order chi connectivity index (χ0) is 39.5. The Kier molecular flexibility index (Phi) is 9.18. The standard InChI is InChI=1S/C58H55N/c1-58(2)56-37-47(52-19-10-9-18-51(52)42-14-7-4-8-15-42)26-32-53(56)54-33-31-50(38-57(54)58)59(49-29-24-43(25-30-49)55-35-39-20-21-46(55)34-39)48-27-22-41(23-28-48)45-17-11-16-44(36-45)40-12-5-3-6-13-40/h4,7-11,14-19,22-33,36-40,46,55H,3,5-6,12-13,20-21,34-35H2,1-2H3. The highest BCUT2D eigenvalue weighted by Crippen LogP contribution is 2.54. The lowest BCUT2D eigenvalue weighted by molar-refractivity contribution is 0.420. The lowest BCUT2D eigenvalue weighted by Crippen LogP contribution is -2.17. The highest BCUT2D eigenvalue weighted by atomic mass is 15.1. The van der Waals surface area contributed by atoms with Crippen LogP contribution in [0.15, 0.2) is 164 Å². The molecule has 3 fully saturated rings. The van der Waals surface area contributed by atoms with Crippen molar-refractivity contribution < 1.29 is 0 Å². The molecule has 0 aliphatic heterocycles. The van der Waals surface area contributed by atoms with Crippen LogP contribution < -0.4 is 4.90 Å². The van der Waals surface area contributed by atoms with Gasteiger partial charge in [-0.05, 0) is 165 Å². The van der Waals surface area contributed by atoms with E-state index >= 15 is 0 Å². The Bertz CT molecular complexity index is 2630. The molecule has 59 heavy (non-hydrogen) atoms. The minimum Gasteiger partial charge on any atom is -0.310 e. The van der Waals surface area contributed by atoms with Gasteiger partial charge in [0.05, 0.1) is 0 Å². The minimum atomic E-state index is -0.164. The predicted octanol–water partition coefficient (Wildman–Crippen LogP) is 16.4. The molecular weight excluding hydrogens is 711 g/mol. The van der Waals surface area contributed by atoms with Crippen molar-refractivity contribution in [3.63, 3.8) is 0 Å². The number of nitrogens with zero attached hydrogens (tertiary/aromatic N) is 1. The summed E-state index contributed by atoms with van der Waals surface area (Å²) in [5, 5.41) is 0. The highest BCUT2D eigenvalue weighted by molar-refractivity contribution is 5.90. The Balaban J connectivity index is 0.958. The van der Waals surface area contributed by atoms with Crippen molar-refractivity contribution in [1.29, 1.82) is 0 Å². The molecular formula is C58H55N. The molecule has 1 nitrogen and oxygen atoms in total. The van der Waals surface area contributed by atoms with E-state index in [1.165, 1.54) is 142 Å². The first-order chi connectivity index (χ1) is 29.0. The van der Waals surface area contributed by atoms with Gasteiger partial charge in [-0.1, -0.05) is 161 Å². The molecule has 0 heterocycles. The largest absolute Gasteiger partial charge is 0.310 e. The first-order valence-electron chi connectivity index (χ1n) is 22.5. The van der Waals surface area contributed by atoms with E-state index in [1.807, 2.05) is 0 Å². The average Bonchev–Trinajstić information content (AvgIpc) is 4.00. The van der Waals surface area contributed by atoms with E-state index in [4.69, 9.17) is 0 Å². The van der Waals surface area contributed by atoms with Gasteiger partial charge in [-0.15, -0.1) is 0 Å². The third-order valence-corrected chi connectivity index (χ3v) is 15.0. The van der Waals surface area contributed by atoms with Crippen molar-refractivity contribution in [3.05, 3.63) is 186 Å². The number of rotatable bonds is 8. The van der Waals surface area contributed by atoms with E-state index < -0.39 is 0 Å². The maximum atomic E-state index is 2.49. The van der Waals surface area contributed by atoms with Gasteiger partial charge in [-0.2, -0.15) is 0 Å². The Morgan fingerprint density at radius 1 is 0.424 bits per heavy atom. The average molecular weight is 766 g/mol. The molecule has 7 aromatic rings. The third-order valence-electron chi connectivity index (χ3n) is 15.0. The summed E-state index contributed by atoms with van der Waals surface area (Å²) < 4.78 is 0. The summed E-state index contributed by atoms with van der Waals surface area (Å²) >= 11 is 0. The van der Waals surface area contributed by atoms with Gasteiger partial charge in [0.2, 0.25) is 0 Å². The number of hydrogen-bond donors (Lipinski definition) is 0. The van der Waals surface area contributed by atoms with Crippen LogP contribution in [0.25, 0.3) is 44.5 Å². The zero-order valence-corrected chi connectivity index (χ0v) is 34.7. The summed E-state index contributed by atoms with van der Waals surface area (Å²) in [6, 6.07) is 62.5. The molecule has 11 rings (SSSR count). The molecule has 0 aromatic heterocycles. The van der Waals surface area contributed by atoms with Crippen LogP contribution in [0, 0.1) is 11.8 Å². The van der Waals surface area contributed by atoms with Crippen molar-refractivity contribution in [2.24, 2.45) is 11.8 Å². The molecule has 0 saturated heterocycles. The Labute approximate surface area is 351 Å². The molecule has 0 radical (unpaired) electrons. The summed E-state index contributed by atoms with van der Waals surface area (Å²) in [5.41, 5.74) is 19.6. The van der Waals surface area contributed by atoms with Crippen molar-refractivity contribution in [2.45, 2.75) is 88.9 Å². The highest BCUT2D eigenvalue weighted by Gasteiger charge is 2.40. The normalized spacial score (nSPS) is 20.3. The Hall–Kier alpha value is -5.66. The number of hydrogen-bond acceptors (Lipinski definition) is 1. The van der Waals surface area contributed by atoms with Crippen LogP contribution in [0.3, 0.4) is 0 Å². The SMILES string of the molecule is CC1(C)c2cc(-c3ccccc3-c3ccccc3)ccc2-c2ccc(N(c3ccc(-c4cccc(C5CCCCC5)c4)cc3)c3ccc(C4CC5CCC4C5)cc3)cc21. The summed E-state index contributed by atoms with van der Waals surface area (Å²) in [5.74, 6) is 3.24. The van der Waals surface area contributed by atoms with Crippen LogP contribution in [-0.4, -0.2) is 0 Å². The first-order valence-corrected chi connectivity index (χ1v) is 22.5. The summed E-state index contributed by atoms with van der Waals surface area (Å²) in [4.78, 5) is 2.49. The molecule has 4 aliphatic rings. The molecule has 0 N–H and O–H groups in total. The third kappa shape index (κ3) is 6.55. The summed E-state index contributed by atoms with van der Waals surface area (Å²) in [6.07, 6.45) is 12.4. The van der Waals surface area contributed by atoms with Crippen molar-refractivity contribution in [1.82, 2.24) is 0 Å². The van der Waals surface area contributed by atoms with Crippen LogP contribution in [0.4, 0.5) is 17.1 Å². The fourth-order valence-corrected chi connectivity index (χ4v) is 11.8. The molecule has 292 valence electrons. The quantitative estimate of drug-likeness (QED) is 0.149. The van der Waals surface area contributed by atoms with E-state index in [0.29, 0.717) is 5.92 Å². The van der Waals surface area contributed by atoms with Crippen LogP contribution in [0.5, 0.6) is 0 Å². The van der Waals surface area contributed by atoms with Crippen molar-refractivity contribution in [3.8, 4) is 44.5 Å². The van der Waals surface area contributed by atoms with Gasteiger partial charge in [0.15, 0.2) is 0 Å².